The maximum absolute atomic E-state index is 13.4. The van der Waals surface area contributed by atoms with Crippen LogP contribution in [0, 0.1) is 0 Å². The molecule has 0 saturated carbocycles. The van der Waals surface area contributed by atoms with Crippen molar-refractivity contribution in [1.29, 1.82) is 0 Å². The molecule has 0 bridgehead atoms. The van der Waals surface area contributed by atoms with Gasteiger partial charge in [-0.05, 0) is 60.4 Å². The summed E-state index contributed by atoms with van der Waals surface area (Å²) in [6.07, 6.45) is 8.41. The number of aliphatic hydroxyl groups is 1. The van der Waals surface area contributed by atoms with Crippen LogP contribution in [0.5, 0.6) is 11.5 Å². The molecule has 1 N–H and O–H groups in total. The van der Waals surface area contributed by atoms with Crippen LogP contribution in [0.4, 0.5) is 0 Å². The van der Waals surface area contributed by atoms with E-state index in [0.29, 0.717) is 30.1 Å². The van der Waals surface area contributed by atoms with E-state index in [4.69, 9.17) is 9.47 Å². The molecule has 7 nitrogen and oxygen atoms in total. The number of benzene rings is 2. The summed E-state index contributed by atoms with van der Waals surface area (Å²) >= 11 is 0. The third kappa shape index (κ3) is 6.85. The minimum atomic E-state index is -0.767. The van der Waals surface area contributed by atoms with Crippen molar-refractivity contribution in [2.75, 3.05) is 13.2 Å². The molecule has 204 valence electrons. The van der Waals surface area contributed by atoms with Crippen molar-refractivity contribution in [1.82, 2.24) is 9.88 Å². The summed E-state index contributed by atoms with van der Waals surface area (Å²) in [4.78, 5) is 32.3. The number of aromatic nitrogens is 1. The van der Waals surface area contributed by atoms with E-state index < -0.39 is 17.7 Å². The summed E-state index contributed by atoms with van der Waals surface area (Å²) < 4.78 is 11.7. The molecule has 39 heavy (non-hydrogen) atoms. The summed E-state index contributed by atoms with van der Waals surface area (Å²) in [5.74, 6) is -0.286. The summed E-state index contributed by atoms with van der Waals surface area (Å²) in [5.41, 5.74) is 2.02. The van der Waals surface area contributed by atoms with Gasteiger partial charge in [0.2, 0.25) is 0 Å². The summed E-state index contributed by atoms with van der Waals surface area (Å²) in [6.45, 7) is 5.62. The van der Waals surface area contributed by atoms with Gasteiger partial charge in [0.25, 0.3) is 11.7 Å². The summed E-state index contributed by atoms with van der Waals surface area (Å²) in [5, 5.41) is 11.4. The van der Waals surface area contributed by atoms with Gasteiger partial charge in [-0.25, -0.2) is 0 Å². The van der Waals surface area contributed by atoms with Gasteiger partial charge in [-0.15, -0.1) is 0 Å². The monoisotopic (exact) mass is 528 g/mol. The van der Waals surface area contributed by atoms with E-state index in [1.807, 2.05) is 30.3 Å². The zero-order valence-electron chi connectivity index (χ0n) is 22.6. The highest BCUT2D eigenvalue weighted by Gasteiger charge is 2.46. The third-order valence-corrected chi connectivity index (χ3v) is 6.73. The number of hydrogen-bond donors (Lipinski definition) is 1. The van der Waals surface area contributed by atoms with Crippen molar-refractivity contribution in [2.45, 2.75) is 58.5 Å². The van der Waals surface area contributed by atoms with Crippen LogP contribution in [0.25, 0.3) is 5.76 Å². The summed E-state index contributed by atoms with van der Waals surface area (Å²) in [6, 6.07) is 17.2. The molecule has 3 aromatic rings. The minimum absolute atomic E-state index is 0.0522. The van der Waals surface area contributed by atoms with Crippen LogP contribution in [0.15, 0.2) is 78.6 Å². The first-order valence-corrected chi connectivity index (χ1v) is 13.7. The summed E-state index contributed by atoms with van der Waals surface area (Å²) in [7, 11) is 0. The lowest BCUT2D eigenvalue weighted by atomic mass is 9.95. The second-order valence-corrected chi connectivity index (χ2v) is 9.64. The fraction of sp³-hybridized carbons (Fsp3) is 0.344. The van der Waals surface area contributed by atoms with Crippen molar-refractivity contribution in [3.8, 4) is 11.5 Å². The molecule has 0 spiro atoms. The van der Waals surface area contributed by atoms with Gasteiger partial charge >= 0.3 is 0 Å². The van der Waals surface area contributed by atoms with Crippen molar-refractivity contribution in [2.24, 2.45) is 0 Å². The van der Waals surface area contributed by atoms with Crippen molar-refractivity contribution >= 4 is 17.4 Å². The molecule has 0 aliphatic carbocycles. The number of ether oxygens (including phenoxy) is 2. The lowest BCUT2D eigenvalue weighted by Crippen LogP contribution is -2.29. The van der Waals surface area contributed by atoms with Gasteiger partial charge in [0.05, 0.1) is 24.8 Å². The first-order valence-electron chi connectivity index (χ1n) is 13.7. The lowest BCUT2D eigenvalue weighted by molar-refractivity contribution is -0.140. The van der Waals surface area contributed by atoms with E-state index in [1.165, 1.54) is 4.90 Å². The lowest BCUT2D eigenvalue weighted by Gasteiger charge is -2.25. The second kappa shape index (κ2) is 13.6. The second-order valence-electron chi connectivity index (χ2n) is 9.64. The van der Waals surface area contributed by atoms with Crippen LogP contribution in [-0.4, -0.2) is 39.9 Å². The normalized spacial score (nSPS) is 16.5. The molecule has 1 aliphatic heterocycles. The Morgan fingerprint density at radius 3 is 2.28 bits per heavy atom. The number of likely N-dealkylation sites (tertiary alicyclic amines) is 1. The molecule has 1 atom stereocenters. The van der Waals surface area contributed by atoms with Gasteiger partial charge in [0.1, 0.15) is 17.3 Å². The highest BCUT2D eigenvalue weighted by molar-refractivity contribution is 6.46. The molecule has 0 radical (unpaired) electrons. The molecule has 1 aliphatic rings. The number of hydrogen-bond acceptors (Lipinski definition) is 6. The number of amides is 1. The fourth-order valence-corrected chi connectivity index (χ4v) is 4.59. The number of carbonyl (C=O) groups excluding carboxylic acids is 2. The van der Waals surface area contributed by atoms with E-state index in [0.717, 1.165) is 43.4 Å². The van der Waals surface area contributed by atoms with Crippen LogP contribution in [0.2, 0.25) is 0 Å². The first-order chi connectivity index (χ1) is 19.0. The molecule has 1 saturated heterocycles. The van der Waals surface area contributed by atoms with Crippen LogP contribution < -0.4 is 9.47 Å². The SMILES string of the molecule is CCCCCOc1ccc(C2C(=C(O)c3cccc(OCCCC)c3)C(=O)C(=O)N2Cc2ccncc2)cc1. The topological polar surface area (TPSA) is 89.0 Å². The molecule has 1 amide bonds. The quantitative estimate of drug-likeness (QED) is 0.119. The van der Waals surface area contributed by atoms with E-state index in [9.17, 15) is 14.7 Å². The van der Waals surface area contributed by atoms with Gasteiger partial charge < -0.3 is 19.5 Å². The molecule has 7 heteroatoms. The van der Waals surface area contributed by atoms with Gasteiger partial charge in [0.15, 0.2) is 0 Å². The Kier molecular flexibility index (Phi) is 9.73. The molecule has 1 unspecified atom stereocenters. The third-order valence-electron chi connectivity index (χ3n) is 6.73. The Balaban J connectivity index is 1.70. The molecule has 2 aromatic carbocycles. The zero-order valence-corrected chi connectivity index (χ0v) is 22.6. The number of nitrogens with zero attached hydrogens (tertiary/aromatic N) is 2. The van der Waals surface area contributed by atoms with Crippen molar-refractivity contribution < 1.29 is 24.2 Å². The van der Waals surface area contributed by atoms with Crippen LogP contribution in [0.1, 0.15) is 68.7 Å². The predicted octanol–water partition coefficient (Wildman–Crippen LogP) is 6.45. The van der Waals surface area contributed by atoms with Gasteiger partial charge in [-0.2, -0.15) is 0 Å². The molecule has 4 rings (SSSR count). The Hall–Kier alpha value is -4.13. The Labute approximate surface area is 230 Å². The smallest absolute Gasteiger partial charge is 0.295 e. The number of ketones is 1. The average molecular weight is 529 g/mol. The number of aliphatic hydroxyl groups excluding tert-OH is 1. The highest BCUT2D eigenvalue weighted by atomic mass is 16.5. The van der Waals surface area contributed by atoms with Crippen molar-refractivity contribution in [3.05, 3.63) is 95.3 Å². The molecule has 1 aromatic heterocycles. The average Bonchev–Trinajstić information content (AvgIpc) is 3.21. The number of pyridine rings is 1. The van der Waals surface area contributed by atoms with Gasteiger partial charge in [-0.1, -0.05) is 57.4 Å². The number of rotatable bonds is 13. The van der Waals surface area contributed by atoms with Gasteiger partial charge in [-0.3, -0.25) is 14.6 Å². The molecular weight excluding hydrogens is 492 g/mol. The fourth-order valence-electron chi connectivity index (χ4n) is 4.59. The van der Waals surface area contributed by atoms with E-state index in [-0.39, 0.29) is 17.9 Å². The van der Waals surface area contributed by atoms with E-state index >= 15 is 0 Å². The van der Waals surface area contributed by atoms with Crippen LogP contribution in [0.3, 0.4) is 0 Å². The first kappa shape index (κ1) is 27.9. The zero-order chi connectivity index (χ0) is 27.6. The number of unbranched alkanes of at least 4 members (excludes halogenated alkanes) is 3. The molecular formula is C32H36N2O5. The molecule has 2 heterocycles. The standard InChI is InChI=1S/C32H36N2O5/c1-3-5-7-20-38-26-13-11-24(12-14-26)29-28(30(35)25-9-8-10-27(21-25)39-19-6-4-2)31(36)32(37)34(29)22-23-15-17-33-18-16-23/h8-18,21,29,35H,3-7,19-20,22H2,1-2H3. The highest BCUT2D eigenvalue weighted by Crippen LogP contribution is 2.41. The van der Waals surface area contributed by atoms with Crippen LogP contribution >= 0.6 is 0 Å². The maximum atomic E-state index is 13.4. The maximum Gasteiger partial charge on any atom is 0.295 e. The minimum Gasteiger partial charge on any atom is -0.507 e. The van der Waals surface area contributed by atoms with E-state index in [2.05, 4.69) is 18.8 Å². The van der Waals surface area contributed by atoms with Gasteiger partial charge in [0, 0.05) is 24.5 Å². The van der Waals surface area contributed by atoms with E-state index in [1.54, 1.807) is 42.7 Å². The number of Topliss-reactive ketones (excluding diaryl/α,β-unsaturated/α-hetero) is 1. The Bertz CT molecular complexity index is 1290. The molecule has 1 fully saturated rings. The number of carbonyl (C=O) groups is 2. The predicted molar refractivity (Wildman–Crippen MR) is 150 cm³/mol. The Morgan fingerprint density at radius 2 is 1.56 bits per heavy atom. The Morgan fingerprint density at radius 1 is 0.872 bits per heavy atom. The van der Waals surface area contributed by atoms with Crippen molar-refractivity contribution in [3.63, 3.8) is 0 Å². The van der Waals surface area contributed by atoms with Crippen LogP contribution in [-0.2, 0) is 16.1 Å². The largest absolute Gasteiger partial charge is 0.507 e.